The van der Waals surface area contributed by atoms with Crippen molar-refractivity contribution in [1.29, 1.82) is 0 Å². The van der Waals surface area contributed by atoms with Gasteiger partial charge >= 0.3 is 6.18 Å². The van der Waals surface area contributed by atoms with Gasteiger partial charge in [0.1, 0.15) is 10.7 Å². The molecule has 2 aromatic carbocycles. The molecule has 7 heteroatoms. The van der Waals surface area contributed by atoms with Gasteiger partial charge in [-0.2, -0.15) is 13.2 Å². The molecule has 0 aliphatic carbocycles. The van der Waals surface area contributed by atoms with E-state index in [4.69, 9.17) is 16.6 Å². The zero-order chi connectivity index (χ0) is 21.3. The van der Waals surface area contributed by atoms with Crippen LogP contribution >= 0.6 is 12.2 Å². The van der Waals surface area contributed by atoms with Crippen LogP contribution in [-0.2, 0) is 6.18 Å². The maximum absolute atomic E-state index is 13.0. The van der Waals surface area contributed by atoms with E-state index in [1.165, 1.54) is 17.3 Å². The molecule has 0 bridgehead atoms. The lowest BCUT2D eigenvalue weighted by molar-refractivity contribution is -0.137. The van der Waals surface area contributed by atoms with E-state index in [0.717, 1.165) is 38.3 Å². The minimum absolute atomic E-state index is 0.372. The van der Waals surface area contributed by atoms with Crippen molar-refractivity contribution in [2.75, 3.05) is 31.1 Å². The summed E-state index contributed by atoms with van der Waals surface area (Å²) < 4.78 is 44.7. The average molecular weight is 430 g/mol. The molecular formula is C23H21F3N2OS. The number of hydrogen-bond donors (Lipinski definition) is 0. The summed E-state index contributed by atoms with van der Waals surface area (Å²) in [5.41, 5.74) is 2.10. The number of furan rings is 1. The molecule has 0 unspecified atom stereocenters. The van der Waals surface area contributed by atoms with E-state index in [0.29, 0.717) is 22.1 Å². The number of benzene rings is 2. The van der Waals surface area contributed by atoms with Gasteiger partial charge in [-0.25, -0.2) is 0 Å². The van der Waals surface area contributed by atoms with Crippen LogP contribution in [0, 0.1) is 6.92 Å². The van der Waals surface area contributed by atoms with Crippen LogP contribution in [0.2, 0.25) is 0 Å². The van der Waals surface area contributed by atoms with Crippen LogP contribution in [0.3, 0.4) is 0 Å². The Labute approximate surface area is 178 Å². The van der Waals surface area contributed by atoms with E-state index >= 15 is 0 Å². The molecule has 0 spiro atoms. The monoisotopic (exact) mass is 430 g/mol. The van der Waals surface area contributed by atoms with Gasteiger partial charge in [0.25, 0.3) is 0 Å². The molecular weight excluding hydrogens is 409 g/mol. The van der Waals surface area contributed by atoms with Crippen LogP contribution in [0.1, 0.15) is 16.9 Å². The van der Waals surface area contributed by atoms with Crippen molar-refractivity contribution in [3.63, 3.8) is 0 Å². The second-order valence-electron chi connectivity index (χ2n) is 7.36. The molecule has 0 saturated carbocycles. The van der Waals surface area contributed by atoms with Crippen molar-refractivity contribution in [2.45, 2.75) is 13.1 Å². The van der Waals surface area contributed by atoms with Gasteiger partial charge in [-0.15, -0.1) is 0 Å². The summed E-state index contributed by atoms with van der Waals surface area (Å²) in [4.78, 5) is 4.97. The van der Waals surface area contributed by atoms with Crippen molar-refractivity contribution in [3.05, 3.63) is 77.6 Å². The number of rotatable bonds is 3. The Kier molecular flexibility index (Phi) is 5.56. The third-order valence-electron chi connectivity index (χ3n) is 5.26. The number of hydrogen-bond acceptors (Lipinski definition) is 3. The van der Waals surface area contributed by atoms with Gasteiger partial charge in [0, 0.05) is 37.4 Å². The van der Waals surface area contributed by atoms with E-state index in [1.54, 1.807) is 18.2 Å². The molecule has 1 saturated heterocycles. The summed E-state index contributed by atoms with van der Waals surface area (Å²) in [5, 5.41) is 0. The molecule has 1 aliphatic rings. The minimum atomic E-state index is -4.39. The predicted molar refractivity (Wildman–Crippen MR) is 116 cm³/mol. The third-order valence-corrected chi connectivity index (χ3v) is 5.72. The number of thiocarbonyl (C=S) groups is 1. The van der Waals surface area contributed by atoms with Crippen LogP contribution in [-0.4, -0.2) is 36.1 Å². The molecule has 1 fully saturated rings. The van der Waals surface area contributed by atoms with Crippen LogP contribution in [0.15, 0.2) is 65.1 Å². The second kappa shape index (κ2) is 8.14. The Morgan fingerprint density at radius 3 is 2.30 bits per heavy atom. The largest absolute Gasteiger partial charge is 0.454 e. The summed E-state index contributed by atoms with van der Waals surface area (Å²) in [7, 11) is 0. The third kappa shape index (κ3) is 4.36. The Bertz CT molecular complexity index is 1040. The van der Waals surface area contributed by atoms with Crippen LogP contribution in [0.25, 0.3) is 11.3 Å². The molecule has 1 aromatic heterocycles. The first-order valence-corrected chi connectivity index (χ1v) is 10.1. The highest BCUT2D eigenvalue weighted by molar-refractivity contribution is 7.80. The topological polar surface area (TPSA) is 19.6 Å². The maximum Gasteiger partial charge on any atom is 0.416 e. The zero-order valence-electron chi connectivity index (χ0n) is 16.4. The second-order valence-corrected chi connectivity index (χ2v) is 7.74. The highest BCUT2D eigenvalue weighted by Crippen LogP contribution is 2.33. The Balaban J connectivity index is 1.43. The SMILES string of the molecule is Cc1ccc(N2CCN(C(=S)c3ccc(-c4cccc(C(F)(F)F)c4)o3)CC2)cc1. The number of nitrogens with zero attached hydrogens (tertiary/aromatic N) is 2. The maximum atomic E-state index is 13.0. The molecule has 0 radical (unpaired) electrons. The quantitative estimate of drug-likeness (QED) is 0.491. The average Bonchev–Trinajstić information content (AvgIpc) is 3.24. The summed E-state index contributed by atoms with van der Waals surface area (Å²) in [6.07, 6.45) is -4.39. The van der Waals surface area contributed by atoms with Gasteiger partial charge < -0.3 is 14.2 Å². The van der Waals surface area contributed by atoms with E-state index in [-0.39, 0.29) is 0 Å². The van der Waals surface area contributed by atoms with Gasteiger partial charge in [-0.3, -0.25) is 0 Å². The fourth-order valence-electron chi connectivity index (χ4n) is 3.54. The minimum Gasteiger partial charge on any atom is -0.454 e. The summed E-state index contributed by atoms with van der Waals surface area (Å²) in [5.74, 6) is 0.873. The summed E-state index contributed by atoms with van der Waals surface area (Å²) in [6, 6.07) is 17.0. The number of aryl methyl sites for hydroxylation is 1. The molecule has 3 nitrogen and oxygen atoms in total. The molecule has 1 aliphatic heterocycles. The Morgan fingerprint density at radius 1 is 0.933 bits per heavy atom. The fourth-order valence-corrected chi connectivity index (χ4v) is 3.83. The molecule has 0 amide bonds. The van der Waals surface area contributed by atoms with Crippen molar-refractivity contribution in [2.24, 2.45) is 0 Å². The van der Waals surface area contributed by atoms with Crippen LogP contribution in [0.4, 0.5) is 18.9 Å². The zero-order valence-corrected chi connectivity index (χ0v) is 17.3. The number of anilines is 1. The smallest absolute Gasteiger partial charge is 0.416 e. The van der Waals surface area contributed by atoms with E-state index in [2.05, 4.69) is 41.0 Å². The van der Waals surface area contributed by atoms with Crippen LogP contribution in [0.5, 0.6) is 0 Å². The summed E-state index contributed by atoms with van der Waals surface area (Å²) in [6.45, 7) is 5.25. The number of alkyl halides is 3. The molecule has 4 rings (SSSR count). The lowest BCUT2D eigenvalue weighted by Gasteiger charge is -2.37. The van der Waals surface area contributed by atoms with Gasteiger partial charge in [-0.1, -0.05) is 42.0 Å². The van der Waals surface area contributed by atoms with Crippen molar-refractivity contribution in [3.8, 4) is 11.3 Å². The van der Waals surface area contributed by atoms with Gasteiger partial charge in [0.05, 0.1) is 5.56 Å². The van der Waals surface area contributed by atoms with Gasteiger partial charge in [0.15, 0.2) is 5.76 Å². The lowest BCUT2D eigenvalue weighted by Crippen LogP contribution is -2.48. The number of halogens is 3. The van der Waals surface area contributed by atoms with Crippen LogP contribution < -0.4 is 4.90 Å². The normalized spacial score (nSPS) is 14.8. The standard InChI is InChI=1S/C23H21F3N2OS/c1-16-5-7-19(8-6-16)27-11-13-28(14-12-27)22(30)21-10-9-20(29-21)17-3-2-4-18(15-17)23(24,25)26/h2-10,15H,11-14H2,1H3. The van der Waals surface area contributed by atoms with E-state index in [1.807, 2.05) is 0 Å². The Hall–Kier alpha value is -2.80. The van der Waals surface area contributed by atoms with Gasteiger partial charge in [-0.05, 0) is 43.3 Å². The molecule has 3 aromatic rings. The predicted octanol–water partition coefficient (Wildman–Crippen LogP) is 5.77. The van der Waals surface area contributed by atoms with Crippen molar-refractivity contribution in [1.82, 2.24) is 4.90 Å². The fraction of sp³-hybridized carbons (Fsp3) is 0.261. The first kappa shape index (κ1) is 20.5. The molecule has 0 N–H and O–H groups in total. The molecule has 30 heavy (non-hydrogen) atoms. The highest BCUT2D eigenvalue weighted by Gasteiger charge is 2.30. The Morgan fingerprint density at radius 2 is 1.63 bits per heavy atom. The molecule has 0 atom stereocenters. The summed E-state index contributed by atoms with van der Waals surface area (Å²) >= 11 is 5.59. The molecule has 156 valence electrons. The highest BCUT2D eigenvalue weighted by atomic mass is 32.1. The lowest BCUT2D eigenvalue weighted by atomic mass is 10.1. The van der Waals surface area contributed by atoms with Gasteiger partial charge in [0.2, 0.25) is 0 Å². The van der Waals surface area contributed by atoms with Crippen molar-refractivity contribution >= 4 is 22.9 Å². The van der Waals surface area contributed by atoms with E-state index < -0.39 is 11.7 Å². The first-order chi connectivity index (χ1) is 14.3. The van der Waals surface area contributed by atoms with E-state index in [9.17, 15) is 13.2 Å². The first-order valence-electron chi connectivity index (χ1n) is 9.69. The number of piperazine rings is 1. The molecule has 2 heterocycles. The van der Waals surface area contributed by atoms with Crippen molar-refractivity contribution < 1.29 is 17.6 Å².